The van der Waals surface area contributed by atoms with E-state index in [4.69, 9.17) is 37.9 Å². The minimum Gasteiger partial charge on any atom is -0.497 e. The van der Waals surface area contributed by atoms with Gasteiger partial charge in [0.1, 0.15) is 83.0 Å². The molecule has 0 aliphatic carbocycles. The molecule has 12 rings (SSSR count). The molecule has 28 nitrogen and oxygen atoms in total. The Morgan fingerprint density at radius 2 is 0.595 bits per heavy atom. The summed E-state index contributed by atoms with van der Waals surface area (Å²) in [7, 11) is -7.06. The van der Waals surface area contributed by atoms with Crippen molar-refractivity contribution in [3.05, 3.63) is 333 Å². The van der Waals surface area contributed by atoms with Crippen LogP contribution in [0.25, 0.3) is 0 Å². The van der Waals surface area contributed by atoms with E-state index in [2.05, 4.69) is 0 Å². The van der Waals surface area contributed by atoms with Crippen LogP contribution >= 0.6 is 0 Å². The number of sulfonamides is 4. The summed E-state index contributed by atoms with van der Waals surface area (Å²) in [4.78, 5) is 52.3. The quantitative estimate of drug-likeness (QED) is 0.0354. The summed E-state index contributed by atoms with van der Waals surface area (Å²) in [5.41, 5.74) is 2.25. The number of nitrogens with zero attached hydrogens (tertiary/aromatic N) is 4. The van der Waals surface area contributed by atoms with Gasteiger partial charge in [-0.1, -0.05) is 71.8 Å². The standard InChI is InChI=1S/C23H21F2NO6S.2C23H23NO6S.C22H20FNO6S/c1-14-10-16(24)12-19(22(14)25)23(28)26(17-5-7-18(31-2)8-6-17)33(29,30)21-11-15(13-27)4-9-20(21)32-3;1-16-4-7-18(8-5-16)23(26)24(19-9-11-20(29-2)12-10-19)31(27,28)22-14-17(15-25)6-13-21(22)30-3;1-16-5-4-6-18(13-16)23(26)24(19-8-10-20(29-2)11-9-19)31(27,28)22-14-17(15-25)7-12-21(22)30-3;1-29-17-10-8-16(9-11-17)24(22(26)18-5-3-4-6-19(18)23)31(27,28)21-13-15(14-25)7-12-20(21)30-2/h4-12,27H,13H2,1-3H3;2*4-14,25H,15H2,1-3H3;3-13,25H,14H2,1-2H3. The van der Waals surface area contributed by atoms with Gasteiger partial charge in [-0.25, -0.2) is 46.8 Å². The molecule has 0 spiro atoms. The van der Waals surface area contributed by atoms with E-state index in [1.807, 2.05) is 19.9 Å². The number of amides is 4. The van der Waals surface area contributed by atoms with Crippen molar-refractivity contribution < 1.29 is 124 Å². The molecule has 0 saturated heterocycles. The predicted molar refractivity (Wildman–Crippen MR) is 463 cm³/mol. The number of carbonyl (C=O) groups is 4. The summed E-state index contributed by atoms with van der Waals surface area (Å²) < 4.78 is 196. The van der Waals surface area contributed by atoms with Gasteiger partial charge in [-0.05, 0) is 243 Å². The zero-order chi connectivity index (χ0) is 92.1. The molecule has 0 aromatic heterocycles. The van der Waals surface area contributed by atoms with Crippen molar-refractivity contribution in [3.8, 4) is 46.0 Å². The summed E-state index contributed by atoms with van der Waals surface area (Å²) in [5, 5.41) is 37.9. The number of carbonyl (C=O) groups excluding carboxylic acids is 4. The number of aliphatic hydroxyl groups excluding tert-OH is 4. The third kappa shape index (κ3) is 21.9. The van der Waals surface area contributed by atoms with Crippen LogP contribution in [0.15, 0.2) is 274 Å². The fourth-order valence-corrected chi connectivity index (χ4v) is 18.7. The Labute approximate surface area is 726 Å². The second-order valence-corrected chi connectivity index (χ2v) is 34.0. The zero-order valence-electron chi connectivity index (χ0n) is 69.6. The first-order valence-electron chi connectivity index (χ1n) is 37.5. The lowest BCUT2D eigenvalue weighted by Gasteiger charge is -2.24. The largest absolute Gasteiger partial charge is 0.497 e. The van der Waals surface area contributed by atoms with Gasteiger partial charge < -0.3 is 58.3 Å². The summed E-state index contributed by atoms with van der Waals surface area (Å²) in [6, 6.07) is 59.9. The molecule has 35 heteroatoms. The topological polar surface area (TPSA) is 373 Å². The normalized spacial score (nSPS) is 11.1. The molecule has 660 valence electrons. The van der Waals surface area contributed by atoms with E-state index in [0.29, 0.717) is 54.4 Å². The zero-order valence-corrected chi connectivity index (χ0v) is 72.9. The second-order valence-electron chi connectivity index (χ2n) is 27.0. The smallest absolute Gasteiger partial charge is 0.275 e. The molecule has 0 bridgehead atoms. The molecule has 0 unspecified atom stereocenters. The molecule has 0 fully saturated rings. The Balaban J connectivity index is 0.000000190. The van der Waals surface area contributed by atoms with E-state index in [-0.39, 0.29) is 95.9 Å². The average Bonchev–Trinajstić information content (AvgIpc) is 0.766. The van der Waals surface area contributed by atoms with Crippen LogP contribution in [0.1, 0.15) is 80.4 Å². The van der Waals surface area contributed by atoms with Gasteiger partial charge in [-0.15, -0.1) is 0 Å². The number of rotatable bonds is 28. The fraction of sp³-hybridized carbons (Fsp3) is 0.165. The van der Waals surface area contributed by atoms with Crippen LogP contribution in [0.4, 0.5) is 35.9 Å². The number of anilines is 4. The van der Waals surface area contributed by atoms with Gasteiger partial charge in [0, 0.05) is 11.1 Å². The first kappa shape index (κ1) is 96.2. The second kappa shape index (κ2) is 42.6. The molecule has 126 heavy (non-hydrogen) atoms. The highest BCUT2D eigenvalue weighted by Gasteiger charge is 2.40. The van der Waals surface area contributed by atoms with Crippen molar-refractivity contribution in [2.45, 2.75) is 66.8 Å². The molecular formula is C91H87F3N4O24S4. The minimum atomic E-state index is -4.72. The lowest BCUT2D eigenvalue weighted by Crippen LogP contribution is -2.38. The van der Waals surface area contributed by atoms with Crippen LogP contribution in [-0.2, 0) is 66.5 Å². The molecule has 12 aromatic rings. The summed E-state index contributed by atoms with van der Waals surface area (Å²) in [6.45, 7) is 3.34. The summed E-state index contributed by atoms with van der Waals surface area (Å²) >= 11 is 0. The molecule has 0 heterocycles. The number of hydrogen-bond acceptors (Lipinski definition) is 24. The maximum atomic E-state index is 14.8. The maximum absolute atomic E-state index is 14.8. The Hall–Kier alpha value is -13.7. The van der Waals surface area contributed by atoms with Crippen LogP contribution in [0, 0.1) is 38.2 Å². The van der Waals surface area contributed by atoms with Gasteiger partial charge in [0.05, 0.1) is 117 Å². The van der Waals surface area contributed by atoms with Gasteiger partial charge in [-0.3, -0.25) is 19.2 Å². The highest BCUT2D eigenvalue weighted by atomic mass is 32.2. The van der Waals surface area contributed by atoms with E-state index < -0.39 is 110 Å². The van der Waals surface area contributed by atoms with Gasteiger partial charge in [-0.2, -0.15) is 17.2 Å². The lowest BCUT2D eigenvalue weighted by molar-refractivity contribution is 0.0992. The van der Waals surface area contributed by atoms with Gasteiger partial charge in [0.25, 0.3) is 63.7 Å². The van der Waals surface area contributed by atoms with Crippen molar-refractivity contribution in [1.82, 2.24) is 0 Å². The summed E-state index contributed by atoms with van der Waals surface area (Å²) in [5.74, 6) is -4.79. The fourth-order valence-electron chi connectivity index (χ4n) is 12.3. The van der Waals surface area contributed by atoms with Crippen LogP contribution in [0.3, 0.4) is 0 Å². The van der Waals surface area contributed by atoms with Gasteiger partial charge >= 0.3 is 0 Å². The monoisotopic (exact) mass is 1800 g/mol. The van der Waals surface area contributed by atoms with Crippen LogP contribution in [-0.4, -0.2) is 135 Å². The molecule has 4 amide bonds. The number of methoxy groups -OCH3 is 8. The number of aryl methyl sites for hydroxylation is 3. The molecule has 4 N–H and O–H groups in total. The third-order valence-corrected chi connectivity index (χ3v) is 25.7. The number of hydrogen-bond donors (Lipinski definition) is 4. The number of halogens is 3. The SMILES string of the molecule is COc1ccc(N(C(=O)c2cc(F)cc(C)c2F)S(=O)(=O)c2cc(CO)ccc2OC)cc1.COc1ccc(N(C(=O)c2ccc(C)cc2)S(=O)(=O)c2cc(CO)ccc2OC)cc1.COc1ccc(N(C(=O)c2cccc(C)c2)S(=O)(=O)c2cc(CO)ccc2OC)cc1.COc1ccc(N(C(=O)c2ccccc2F)S(=O)(=O)c2cc(CO)ccc2OC)cc1. The van der Waals surface area contributed by atoms with Crippen molar-refractivity contribution in [1.29, 1.82) is 0 Å². The van der Waals surface area contributed by atoms with E-state index in [9.17, 15) is 86.4 Å². The van der Waals surface area contributed by atoms with E-state index in [1.165, 1.54) is 209 Å². The molecule has 0 aliphatic rings. The average molecular weight is 1810 g/mol. The Kier molecular flexibility index (Phi) is 32.5. The third-order valence-electron chi connectivity index (χ3n) is 18.8. The van der Waals surface area contributed by atoms with Crippen molar-refractivity contribution >= 4 is 86.5 Å². The molecule has 0 aliphatic heterocycles. The highest BCUT2D eigenvalue weighted by Crippen LogP contribution is 2.40. The highest BCUT2D eigenvalue weighted by molar-refractivity contribution is 7.94. The number of ether oxygens (including phenoxy) is 8. The number of aliphatic hydroxyl groups is 4. The van der Waals surface area contributed by atoms with Crippen LogP contribution in [0.5, 0.6) is 46.0 Å². The van der Waals surface area contributed by atoms with Gasteiger partial charge in [0.2, 0.25) is 0 Å². The molecule has 12 aromatic carbocycles. The number of benzene rings is 12. The first-order valence-corrected chi connectivity index (χ1v) is 43.3. The van der Waals surface area contributed by atoms with E-state index >= 15 is 0 Å². The Morgan fingerprint density at radius 1 is 0.294 bits per heavy atom. The lowest BCUT2D eigenvalue weighted by atomic mass is 10.1. The van der Waals surface area contributed by atoms with Crippen LogP contribution in [0.2, 0.25) is 0 Å². The molecule has 0 radical (unpaired) electrons. The maximum Gasteiger partial charge on any atom is 0.275 e. The predicted octanol–water partition coefficient (Wildman–Crippen LogP) is 14.3. The Bertz CT molecular complexity index is 6400. The summed E-state index contributed by atoms with van der Waals surface area (Å²) in [6.07, 6.45) is 0. The minimum absolute atomic E-state index is 0.0227. The van der Waals surface area contributed by atoms with E-state index in [1.54, 1.807) is 78.9 Å². The van der Waals surface area contributed by atoms with Gasteiger partial charge in [0.15, 0.2) is 0 Å². The molecule has 0 atom stereocenters. The van der Waals surface area contributed by atoms with E-state index in [0.717, 1.165) is 37.9 Å². The van der Waals surface area contributed by atoms with Crippen LogP contribution < -0.4 is 55.1 Å². The van der Waals surface area contributed by atoms with Crippen molar-refractivity contribution in [3.63, 3.8) is 0 Å². The van der Waals surface area contributed by atoms with Crippen molar-refractivity contribution in [2.75, 3.05) is 74.1 Å². The first-order chi connectivity index (χ1) is 60.1. The Morgan fingerprint density at radius 3 is 0.889 bits per heavy atom. The molecule has 0 saturated carbocycles. The molecular weight excluding hydrogens is 1720 g/mol. The van der Waals surface area contributed by atoms with Crippen molar-refractivity contribution in [2.24, 2.45) is 0 Å².